The Bertz CT molecular complexity index is 718. The van der Waals surface area contributed by atoms with Crippen molar-refractivity contribution >= 4 is 17.4 Å². The highest BCUT2D eigenvalue weighted by Gasteiger charge is 2.27. The lowest BCUT2D eigenvalue weighted by Crippen LogP contribution is -2.43. The Kier molecular flexibility index (Phi) is 4.00. The standard InChI is InChI=1S/C17H20N5O/c1-17(19)7-10-22(11-8-17)14-6-2-5-13(21-14)15(23)12-4-3-9-20-16(12)18/h2-6,9,19H,7-8,10-11H2,1H3,(H2,18,20). The van der Waals surface area contributed by atoms with Gasteiger partial charge in [-0.25, -0.2) is 9.97 Å². The van der Waals surface area contributed by atoms with E-state index in [1.807, 2.05) is 19.1 Å². The number of aromatic nitrogens is 2. The summed E-state index contributed by atoms with van der Waals surface area (Å²) >= 11 is 0. The molecule has 3 rings (SSSR count). The second-order valence-corrected chi connectivity index (χ2v) is 6.19. The van der Waals surface area contributed by atoms with E-state index in [1.54, 1.807) is 24.4 Å². The molecule has 0 atom stereocenters. The highest BCUT2D eigenvalue weighted by atomic mass is 16.1. The number of nitrogen functional groups attached to an aromatic ring is 1. The van der Waals surface area contributed by atoms with Gasteiger partial charge in [0.15, 0.2) is 0 Å². The molecule has 2 aromatic heterocycles. The molecule has 0 aromatic carbocycles. The van der Waals surface area contributed by atoms with Gasteiger partial charge in [0.25, 0.3) is 0 Å². The third kappa shape index (κ3) is 3.32. The van der Waals surface area contributed by atoms with Crippen molar-refractivity contribution in [2.45, 2.75) is 25.3 Å². The number of rotatable bonds is 3. The minimum Gasteiger partial charge on any atom is -0.383 e. The van der Waals surface area contributed by atoms with Crippen LogP contribution < -0.4 is 16.4 Å². The maximum Gasteiger partial charge on any atom is 0.215 e. The van der Waals surface area contributed by atoms with E-state index in [0.717, 1.165) is 31.7 Å². The Morgan fingerprint density at radius 3 is 2.70 bits per heavy atom. The number of nitrogens with zero attached hydrogens (tertiary/aromatic N) is 3. The molecule has 1 fully saturated rings. The van der Waals surface area contributed by atoms with Gasteiger partial charge in [0.05, 0.1) is 5.56 Å². The van der Waals surface area contributed by atoms with Gasteiger partial charge < -0.3 is 10.6 Å². The minimum absolute atomic E-state index is 0.215. The van der Waals surface area contributed by atoms with Crippen LogP contribution in [0.2, 0.25) is 0 Å². The minimum atomic E-state index is -0.367. The van der Waals surface area contributed by atoms with E-state index in [1.165, 1.54) is 0 Å². The zero-order valence-corrected chi connectivity index (χ0v) is 13.1. The third-order valence-electron chi connectivity index (χ3n) is 4.24. The third-order valence-corrected chi connectivity index (χ3v) is 4.24. The van der Waals surface area contributed by atoms with Crippen LogP contribution in [0.3, 0.4) is 0 Å². The lowest BCUT2D eigenvalue weighted by Gasteiger charge is -2.36. The molecule has 0 saturated carbocycles. The normalized spacial score (nSPS) is 17.0. The van der Waals surface area contributed by atoms with E-state index in [4.69, 9.17) is 11.5 Å². The number of hydrogen-bond acceptors (Lipinski definition) is 5. The summed E-state index contributed by atoms with van der Waals surface area (Å²) in [6.45, 7) is 3.52. The predicted molar refractivity (Wildman–Crippen MR) is 89.3 cm³/mol. The first-order valence-electron chi connectivity index (χ1n) is 7.68. The van der Waals surface area contributed by atoms with Crippen LogP contribution in [0.15, 0.2) is 36.5 Å². The number of pyridine rings is 2. The molecule has 1 saturated heterocycles. The summed E-state index contributed by atoms with van der Waals surface area (Å²) in [5, 5.41) is 0. The van der Waals surface area contributed by atoms with Crippen molar-refractivity contribution < 1.29 is 4.79 Å². The summed E-state index contributed by atoms with van der Waals surface area (Å²) in [5.74, 6) is 0.765. The monoisotopic (exact) mass is 310 g/mol. The maximum absolute atomic E-state index is 12.6. The van der Waals surface area contributed by atoms with Crippen LogP contribution in [0.4, 0.5) is 11.6 Å². The number of piperidine rings is 1. The van der Waals surface area contributed by atoms with E-state index < -0.39 is 0 Å². The fourth-order valence-corrected chi connectivity index (χ4v) is 2.70. The summed E-state index contributed by atoms with van der Waals surface area (Å²) in [4.78, 5) is 23.1. The molecular formula is C17H20N5O. The molecule has 2 aromatic rings. The summed E-state index contributed by atoms with van der Waals surface area (Å²) in [6, 6.07) is 8.77. The van der Waals surface area contributed by atoms with Crippen molar-refractivity contribution in [2.75, 3.05) is 23.7 Å². The van der Waals surface area contributed by atoms with Crippen LogP contribution >= 0.6 is 0 Å². The van der Waals surface area contributed by atoms with Crippen LogP contribution in [-0.4, -0.2) is 34.4 Å². The molecule has 3 N–H and O–H groups in total. The van der Waals surface area contributed by atoms with E-state index in [2.05, 4.69) is 14.9 Å². The highest BCUT2D eigenvalue weighted by molar-refractivity contribution is 6.10. The predicted octanol–water partition coefficient (Wildman–Crippen LogP) is 1.93. The van der Waals surface area contributed by atoms with Crippen LogP contribution in [0.25, 0.3) is 0 Å². The molecule has 0 bridgehead atoms. The van der Waals surface area contributed by atoms with E-state index in [-0.39, 0.29) is 17.1 Å². The van der Waals surface area contributed by atoms with Gasteiger partial charge >= 0.3 is 0 Å². The highest BCUT2D eigenvalue weighted by Crippen LogP contribution is 2.24. The fraction of sp³-hybridized carbons (Fsp3) is 0.353. The molecule has 0 aliphatic carbocycles. The smallest absolute Gasteiger partial charge is 0.215 e. The molecule has 0 amide bonds. The number of nitrogens with two attached hydrogens (primary N) is 1. The number of carbonyl (C=O) groups excluding carboxylic acids is 1. The van der Waals surface area contributed by atoms with E-state index in [9.17, 15) is 4.79 Å². The van der Waals surface area contributed by atoms with Gasteiger partial charge in [0, 0.05) is 24.8 Å². The number of nitrogens with one attached hydrogen (secondary N) is 1. The molecular weight excluding hydrogens is 290 g/mol. The Labute approximate surface area is 135 Å². The topological polar surface area (TPSA) is 95.9 Å². The number of hydrogen-bond donors (Lipinski definition) is 1. The van der Waals surface area contributed by atoms with Gasteiger partial charge in [-0.3, -0.25) is 10.5 Å². The Hall–Kier alpha value is -2.47. The molecule has 1 aliphatic heterocycles. The first-order valence-corrected chi connectivity index (χ1v) is 7.68. The fourth-order valence-electron chi connectivity index (χ4n) is 2.70. The molecule has 23 heavy (non-hydrogen) atoms. The number of carbonyl (C=O) groups is 1. The zero-order chi connectivity index (χ0) is 16.4. The summed E-state index contributed by atoms with van der Waals surface area (Å²) in [6.07, 6.45) is 3.15. The summed E-state index contributed by atoms with van der Waals surface area (Å²) in [5.41, 5.74) is 14.2. The Morgan fingerprint density at radius 2 is 2.00 bits per heavy atom. The van der Waals surface area contributed by atoms with Crippen molar-refractivity contribution in [3.05, 3.63) is 47.8 Å². The van der Waals surface area contributed by atoms with Crippen molar-refractivity contribution in [1.29, 1.82) is 0 Å². The van der Waals surface area contributed by atoms with Crippen molar-refractivity contribution in [1.82, 2.24) is 15.7 Å². The van der Waals surface area contributed by atoms with Gasteiger partial charge in [-0.1, -0.05) is 6.07 Å². The first-order chi connectivity index (χ1) is 11.0. The largest absolute Gasteiger partial charge is 0.383 e. The molecule has 0 unspecified atom stereocenters. The first kappa shape index (κ1) is 15.4. The SMILES string of the molecule is CC1([NH])CCN(c2cccc(C(=O)c3cccnc3N)n2)CC1. The molecule has 6 heteroatoms. The molecule has 119 valence electrons. The second kappa shape index (κ2) is 5.96. The van der Waals surface area contributed by atoms with Crippen LogP contribution in [-0.2, 0) is 0 Å². The van der Waals surface area contributed by atoms with Gasteiger partial charge in [-0.2, -0.15) is 0 Å². The van der Waals surface area contributed by atoms with Gasteiger partial charge in [0.2, 0.25) is 5.78 Å². The lowest BCUT2D eigenvalue weighted by atomic mass is 9.91. The maximum atomic E-state index is 12.6. The summed E-state index contributed by atoms with van der Waals surface area (Å²) in [7, 11) is 0. The molecule has 0 spiro atoms. The quantitative estimate of drug-likeness (QED) is 0.874. The van der Waals surface area contributed by atoms with Crippen molar-refractivity contribution in [3.8, 4) is 0 Å². The molecule has 1 aliphatic rings. The van der Waals surface area contributed by atoms with Crippen molar-refractivity contribution in [3.63, 3.8) is 0 Å². The average Bonchev–Trinajstić information content (AvgIpc) is 2.55. The van der Waals surface area contributed by atoms with Gasteiger partial charge in [-0.15, -0.1) is 0 Å². The van der Waals surface area contributed by atoms with Crippen LogP contribution in [0.5, 0.6) is 0 Å². The van der Waals surface area contributed by atoms with Gasteiger partial charge in [0.1, 0.15) is 17.3 Å². The average molecular weight is 310 g/mol. The van der Waals surface area contributed by atoms with E-state index in [0.29, 0.717) is 11.3 Å². The van der Waals surface area contributed by atoms with Crippen molar-refractivity contribution in [2.24, 2.45) is 0 Å². The van der Waals surface area contributed by atoms with E-state index >= 15 is 0 Å². The molecule has 3 heterocycles. The van der Waals surface area contributed by atoms with Gasteiger partial charge in [-0.05, 0) is 44.0 Å². The zero-order valence-electron chi connectivity index (χ0n) is 13.1. The number of ketones is 1. The molecule has 6 nitrogen and oxygen atoms in total. The number of anilines is 2. The lowest BCUT2D eigenvalue weighted by molar-refractivity contribution is 0.103. The van der Waals surface area contributed by atoms with Crippen LogP contribution in [0, 0.1) is 0 Å². The Morgan fingerprint density at radius 1 is 1.26 bits per heavy atom. The Balaban J connectivity index is 1.83. The molecule has 1 radical (unpaired) electrons. The summed E-state index contributed by atoms with van der Waals surface area (Å²) < 4.78 is 0. The van der Waals surface area contributed by atoms with Crippen LogP contribution in [0.1, 0.15) is 35.8 Å². The second-order valence-electron chi connectivity index (χ2n) is 6.19.